The maximum atomic E-state index is 13.3. The van der Waals surface area contributed by atoms with E-state index in [0.29, 0.717) is 5.56 Å². The van der Waals surface area contributed by atoms with Gasteiger partial charge >= 0.3 is 0 Å². The van der Waals surface area contributed by atoms with Crippen molar-refractivity contribution in [3.8, 4) is 0 Å². The minimum absolute atomic E-state index is 0.0941. The van der Waals surface area contributed by atoms with Crippen LogP contribution >= 0.6 is 0 Å². The molecule has 1 unspecified atom stereocenters. The highest BCUT2D eigenvalue weighted by molar-refractivity contribution is 6.13. The van der Waals surface area contributed by atoms with Crippen molar-refractivity contribution in [2.75, 3.05) is 15.5 Å². The Hall–Kier alpha value is -3.60. The third-order valence-corrected chi connectivity index (χ3v) is 4.83. The van der Waals surface area contributed by atoms with Crippen LogP contribution in [0.3, 0.4) is 0 Å². The van der Waals surface area contributed by atoms with E-state index in [1.165, 1.54) is 0 Å². The van der Waals surface area contributed by atoms with Crippen molar-refractivity contribution in [1.82, 2.24) is 0 Å². The molecule has 5 heteroatoms. The summed E-state index contributed by atoms with van der Waals surface area (Å²) < 4.78 is 0. The van der Waals surface area contributed by atoms with Crippen LogP contribution in [0.25, 0.3) is 0 Å². The third-order valence-electron chi connectivity index (χ3n) is 4.83. The summed E-state index contributed by atoms with van der Waals surface area (Å²) in [4.78, 5) is 27.8. The molecule has 2 N–H and O–H groups in total. The van der Waals surface area contributed by atoms with E-state index in [9.17, 15) is 9.59 Å². The van der Waals surface area contributed by atoms with Crippen molar-refractivity contribution < 1.29 is 9.59 Å². The van der Waals surface area contributed by atoms with Crippen molar-refractivity contribution in [1.29, 1.82) is 0 Å². The fourth-order valence-corrected chi connectivity index (χ4v) is 3.61. The summed E-state index contributed by atoms with van der Waals surface area (Å²) in [5.41, 5.74) is 1.88. The van der Waals surface area contributed by atoms with E-state index in [4.69, 9.17) is 0 Å². The highest BCUT2D eigenvalue weighted by Crippen LogP contribution is 2.36. The summed E-state index contributed by atoms with van der Waals surface area (Å²) in [5.74, 6) is -0.301. The van der Waals surface area contributed by atoms with Gasteiger partial charge in [0.25, 0.3) is 5.91 Å². The minimum Gasteiger partial charge on any atom is -0.361 e. The molecular weight excluding hydrogens is 350 g/mol. The Morgan fingerprint density at radius 2 is 1.54 bits per heavy atom. The van der Waals surface area contributed by atoms with Crippen LogP contribution in [0.4, 0.5) is 17.1 Å². The van der Waals surface area contributed by atoms with Gasteiger partial charge in [0.15, 0.2) is 0 Å². The summed E-state index contributed by atoms with van der Waals surface area (Å²) >= 11 is 0. The van der Waals surface area contributed by atoms with E-state index in [-0.39, 0.29) is 18.2 Å². The molecule has 140 valence electrons. The molecule has 0 aliphatic carbocycles. The Morgan fingerprint density at radius 3 is 2.25 bits per heavy atom. The Labute approximate surface area is 164 Å². The van der Waals surface area contributed by atoms with E-state index < -0.39 is 5.66 Å². The quantitative estimate of drug-likeness (QED) is 0.710. The Balaban J connectivity index is 1.69. The molecule has 0 saturated heterocycles. The zero-order valence-corrected chi connectivity index (χ0v) is 15.6. The average Bonchev–Trinajstić information content (AvgIpc) is 2.69. The van der Waals surface area contributed by atoms with E-state index in [1.807, 2.05) is 85.8 Å². The van der Waals surface area contributed by atoms with Gasteiger partial charge in [-0.2, -0.15) is 0 Å². The van der Waals surface area contributed by atoms with E-state index in [2.05, 4.69) is 10.6 Å². The first kappa shape index (κ1) is 17.8. The topological polar surface area (TPSA) is 61.4 Å². The summed E-state index contributed by atoms with van der Waals surface area (Å²) in [7, 11) is 0. The maximum Gasteiger partial charge on any atom is 0.262 e. The third kappa shape index (κ3) is 3.34. The number of nitrogens with zero attached hydrogens (tertiary/aromatic N) is 1. The van der Waals surface area contributed by atoms with Crippen LogP contribution < -0.4 is 15.5 Å². The molecule has 3 aromatic carbocycles. The fourth-order valence-electron chi connectivity index (χ4n) is 3.61. The second-order valence-corrected chi connectivity index (χ2v) is 7.01. The number of benzene rings is 3. The van der Waals surface area contributed by atoms with Gasteiger partial charge in [-0.3, -0.25) is 14.5 Å². The Morgan fingerprint density at radius 1 is 0.929 bits per heavy atom. The van der Waals surface area contributed by atoms with Crippen molar-refractivity contribution in [3.63, 3.8) is 0 Å². The first-order valence-corrected chi connectivity index (χ1v) is 9.18. The van der Waals surface area contributed by atoms with Gasteiger partial charge < -0.3 is 10.6 Å². The summed E-state index contributed by atoms with van der Waals surface area (Å²) in [6.07, 6.45) is 0.0941. The number of carbonyl (C=O) groups excluding carboxylic acids is 2. The molecule has 0 fully saturated rings. The maximum absolute atomic E-state index is 13.3. The van der Waals surface area contributed by atoms with E-state index >= 15 is 0 Å². The molecule has 0 radical (unpaired) electrons. The number of hydrogen-bond acceptors (Lipinski definition) is 3. The van der Waals surface area contributed by atoms with Gasteiger partial charge in [0.05, 0.1) is 12.0 Å². The van der Waals surface area contributed by atoms with Gasteiger partial charge in [0.2, 0.25) is 5.91 Å². The molecule has 0 bridgehead atoms. The highest BCUT2D eigenvalue weighted by Gasteiger charge is 2.43. The monoisotopic (exact) mass is 371 g/mol. The smallest absolute Gasteiger partial charge is 0.262 e. The van der Waals surface area contributed by atoms with E-state index in [1.54, 1.807) is 11.0 Å². The number of amides is 2. The largest absolute Gasteiger partial charge is 0.361 e. The molecule has 0 spiro atoms. The van der Waals surface area contributed by atoms with Gasteiger partial charge in [-0.1, -0.05) is 48.5 Å². The Kier molecular flexibility index (Phi) is 4.57. The molecule has 0 saturated carbocycles. The molecule has 1 aliphatic rings. The molecule has 2 amide bonds. The normalized spacial score (nSPS) is 18.2. The van der Waals surface area contributed by atoms with Gasteiger partial charge in [-0.25, -0.2) is 0 Å². The number of fused-ring (bicyclic) bond motifs is 1. The lowest BCUT2D eigenvalue weighted by Crippen LogP contribution is -2.60. The molecular formula is C23H21N3O2. The van der Waals surface area contributed by atoms with Gasteiger partial charge in [-0.05, 0) is 43.3 Å². The summed E-state index contributed by atoms with van der Waals surface area (Å²) in [6.45, 7) is 1.87. The fraction of sp³-hybridized carbons (Fsp3) is 0.130. The molecule has 1 aliphatic heterocycles. The molecule has 3 aromatic rings. The summed E-state index contributed by atoms with van der Waals surface area (Å²) in [5, 5.41) is 6.32. The zero-order chi connectivity index (χ0) is 19.6. The molecule has 1 atom stereocenters. The number of hydrogen-bond donors (Lipinski definition) is 2. The number of nitrogens with one attached hydrogen (secondary N) is 2. The van der Waals surface area contributed by atoms with Gasteiger partial charge in [-0.15, -0.1) is 0 Å². The van der Waals surface area contributed by atoms with Crippen LogP contribution in [0.5, 0.6) is 0 Å². The second-order valence-electron chi connectivity index (χ2n) is 7.01. The zero-order valence-electron chi connectivity index (χ0n) is 15.6. The summed E-state index contributed by atoms with van der Waals surface area (Å²) in [6, 6.07) is 26.1. The van der Waals surface area contributed by atoms with Gasteiger partial charge in [0.1, 0.15) is 5.66 Å². The Bertz CT molecular complexity index is 1000. The predicted octanol–water partition coefficient (Wildman–Crippen LogP) is 4.50. The second kappa shape index (κ2) is 7.19. The van der Waals surface area contributed by atoms with E-state index in [0.717, 1.165) is 17.1 Å². The highest BCUT2D eigenvalue weighted by atomic mass is 16.2. The van der Waals surface area contributed by atoms with Crippen LogP contribution in [0.2, 0.25) is 0 Å². The van der Waals surface area contributed by atoms with Crippen molar-refractivity contribution in [3.05, 3.63) is 90.5 Å². The predicted molar refractivity (Wildman–Crippen MR) is 111 cm³/mol. The van der Waals surface area contributed by atoms with Crippen molar-refractivity contribution in [2.45, 2.75) is 19.0 Å². The number of rotatable bonds is 4. The van der Waals surface area contributed by atoms with Crippen molar-refractivity contribution in [2.24, 2.45) is 0 Å². The average molecular weight is 371 g/mol. The lowest BCUT2D eigenvalue weighted by atomic mass is 9.96. The van der Waals surface area contributed by atoms with Crippen LogP contribution in [0.15, 0.2) is 84.9 Å². The van der Waals surface area contributed by atoms with Crippen LogP contribution in [-0.4, -0.2) is 17.5 Å². The first-order valence-electron chi connectivity index (χ1n) is 9.18. The SMILES string of the molecule is CC1(CC(=O)Nc2ccccc2)Nc2ccccc2C(=O)N1c1ccccc1. The first-order chi connectivity index (χ1) is 13.6. The van der Waals surface area contributed by atoms with Crippen LogP contribution in [0, 0.1) is 0 Å². The standard InChI is InChI=1S/C23H21N3O2/c1-23(16-21(27)24-17-10-4-2-5-11-17)25-20-15-9-8-14-19(20)22(28)26(23)18-12-6-3-7-13-18/h2-15,25H,16H2,1H3,(H,24,27). The number of anilines is 3. The molecule has 5 nitrogen and oxygen atoms in total. The minimum atomic E-state index is -0.911. The molecule has 1 heterocycles. The lowest BCUT2D eigenvalue weighted by Gasteiger charge is -2.46. The molecule has 0 aromatic heterocycles. The van der Waals surface area contributed by atoms with Crippen LogP contribution in [0.1, 0.15) is 23.7 Å². The van der Waals surface area contributed by atoms with Crippen LogP contribution in [-0.2, 0) is 4.79 Å². The van der Waals surface area contributed by atoms with Crippen molar-refractivity contribution >= 4 is 28.9 Å². The number of para-hydroxylation sites is 3. The van der Waals surface area contributed by atoms with Gasteiger partial charge in [0, 0.05) is 17.1 Å². The molecule has 28 heavy (non-hydrogen) atoms. The number of carbonyl (C=O) groups is 2. The molecule has 4 rings (SSSR count). The lowest BCUT2D eigenvalue weighted by molar-refractivity contribution is -0.117.